The Morgan fingerprint density at radius 3 is 2.89 bits per heavy atom. The Labute approximate surface area is 122 Å². The zero-order valence-corrected chi connectivity index (χ0v) is 12.0. The lowest BCUT2D eigenvalue weighted by atomic mass is 10.2. The van der Waals surface area contributed by atoms with Crippen LogP contribution in [0.3, 0.4) is 0 Å². The van der Waals surface area contributed by atoms with E-state index in [1.807, 2.05) is 12.1 Å². The lowest BCUT2D eigenvalue weighted by Crippen LogP contribution is -2.05. The predicted octanol–water partition coefficient (Wildman–Crippen LogP) is 3.85. The average Bonchev–Trinajstić information content (AvgIpc) is 2.76. The molecule has 1 heterocycles. The zero-order chi connectivity index (χ0) is 13.1. The molecule has 1 aromatic carbocycles. The largest absolute Gasteiger partial charge is 0.475 e. The third kappa shape index (κ3) is 2.97. The van der Waals surface area contributed by atoms with E-state index < -0.39 is 5.97 Å². The smallest absolute Gasteiger partial charge is 0.372 e. The molecule has 1 aromatic heterocycles. The van der Waals surface area contributed by atoms with Gasteiger partial charge in [-0.15, -0.1) is 0 Å². The summed E-state index contributed by atoms with van der Waals surface area (Å²) in [7, 11) is 0. The molecule has 0 aliphatic heterocycles. The topological polar surface area (TPSA) is 62.5 Å². The molecule has 2 aromatic rings. The van der Waals surface area contributed by atoms with E-state index in [0.29, 0.717) is 17.1 Å². The Hall–Kier alpha value is -1.21. The predicted molar refractivity (Wildman–Crippen MR) is 77.2 cm³/mol. The van der Waals surface area contributed by atoms with Crippen LogP contribution in [0.15, 0.2) is 34.9 Å². The number of hydrogen-bond acceptors (Lipinski definition) is 3. The maximum atomic E-state index is 10.9. The number of carboxylic acid groups (broad SMARTS) is 1. The molecular formula is C12H9ClINO3. The van der Waals surface area contributed by atoms with E-state index in [2.05, 4.69) is 27.9 Å². The zero-order valence-electron chi connectivity index (χ0n) is 9.11. The highest BCUT2D eigenvalue weighted by molar-refractivity contribution is 14.1. The van der Waals surface area contributed by atoms with Crippen molar-refractivity contribution >= 4 is 45.8 Å². The summed E-state index contributed by atoms with van der Waals surface area (Å²) >= 11 is 8.02. The van der Waals surface area contributed by atoms with Crippen molar-refractivity contribution in [3.05, 3.63) is 50.4 Å². The maximum Gasteiger partial charge on any atom is 0.372 e. The number of furan rings is 1. The fourth-order valence-electron chi connectivity index (χ4n) is 1.49. The van der Waals surface area contributed by atoms with Crippen LogP contribution in [0.1, 0.15) is 16.1 Å². The second-order valence-corrected chi connectivity index (χ2v) is 5.16. The third-order valence-corrected chi connectivity index (χ3v) is 3.47. The molecule has 6 heteroatoms. The highest BCUT2D eigenvalue weighted by atomic mass is 127. The number of anilines is 1. The minimum Gasteiger partial charge on any atom is -0.475 e. The van der Waals surface area contributed by atoms with E-state index in [0.717, 1.165) is 9.26 Å². The molecule has 0 amide bonds. The van der Waals surface area contributed by atoms with Crippen LogP contribution in [0.25, 0.3) is 0 Å². The lowest BCUT2D eigenvalue weighted by Gasteiger charge is -2.08. The summed E-state index contributed by atoms with van der Waals surface area (Å²) in [5.74, 6) is -1.10. The van der Waals surface area contributed by atoms with Crippen molar-refractivity contribution in [2.45, 2.75) is 6.54 Å². The van der Waals surface area contributed by atoms with Gasteiger partial charge in [0.1, 0.15) is 0 Å². The van der Waals surface area contributed by atoms with Crippen molar-refractivity contribution in [2.75, 3.05) is 5.32 Å². The number of rotatable bonds is 4. The summed E-state index contributed by atoms with van der Waals surface area (Å²) in [6, 6.07) is 7.10. The van der Waals surface area contributed by atoms with Crippen LogP contribution >= 0.6 is 34.2 Å². The molecule has 94 valence electrons. The number of halogens is 2. The van der Waals surface area contributed by atoms with Gasteiger partial charge in [0, 0.05) is 26.4 Å². The summed E-state index contributed by atoms with van der Waals surface area (Å²) in [5.41, 5.74) is 1.51. The van der Waals surface area contributed by atoms with Gasteiger partial charge >= 0.3 is 5.97 Å². The van der Waals surface area contributed by atoms with Gasteiger partial charge in [-0.3, -0.25) is 0 Å². The number of aromatic carboxylic acids is 1. The van der Waals surface area contributed by atoms with Gasteiger partial charge in [0.05, 0.1) is 6.26 Å². The highest BCUT2D eigenvalue weighted by Gasteiger charge is 2.13. The molecule has 0 bridgehead atoms. The Morgan fingerprint density at radius 1 is 1.44 bits per heavy atom. The van der Waals surface area contributed by atoms with E-state index >= 15 is 0 Å². The van der Waals surface area contributed by atoms with Gasteiger partial charge in [0.2, 0.25) is 5.76 Å². The van der Waals surface area contributed by atoms with Crippen LogP contribution in [0.2, 0.25) is 5.02 Å². The molecule has 0 saturated carbocycles. The van der Waals surface area contributed by atoms with E-state index in [-0.39, 0.29) is 5.76 Å². The molecule has 18 heavy (non-hydrogen) atoms. The summed E-state index contributed by atoms with van der Waals surface area (Å²) < 4.78 is 5.87. The number of hydrogen-bond donors (Lipinski definition) is 2. The quantitative estimate of drug-likeness (QED) is 0.795. The second-order valence-electron chi connectivity index (χ2n) is 3.56. The van der Waals surface area contributed by atoms with Crippen molar-refractivity contribution in [2.24, 2.45) is 0 Å². The monoisotopic (exact) mass is 377 g/mol. The highest BCUT2D eigenvalue weighted by Crippen LogP contribution is 2.23. The van der Waals surface area contributed by atoms with Crippen molar-refractivity contribution < 1.29 is 14.3 Å². The number of benzene rings is 1. The minimum absolute atomic E-state index is 0.0357. The van der Waals surface area contributed by atoms with Crippen molar-refractivity contribution in [1.82, 2.24) is 0 Å². The molecule has 0 radical (unpaired) electrons. The van der Waals surface area contributed by atoms with E-state index in [1.54, 1.807) is 12.1 Å². The third-order valence-electron chi connectivity index (χ3n) is 2.34. The van der Waals surface area contributed by atoms with Crippen molar-refractivity contribution in [1.29, 1.82) is 0 Å². The van der Waals surface area contributed by atoms with Crippen molar-refractivity contribution in [3.63, 3.8) is 0 Å². The van der Waals surface area contributed by atoms with Gasteiger partial charge < -0.3 is 14.8 Å². The van der Waals surface area contributed by atoms with Crippen LogP contribution in [0.4, 0.5) is 5.69 Å². The number of carbonyl (C=O) groups is 1. The summed E-state index contributed by atoms with van der Waals surface area (Å²) in [4.78, 5) is 10.9. The second kappa shape index (κ2) is 5.62. The van der Waals surface area contributed by atoms with Gasteiger partial charge in [-0.25, -0.2) is 4.79 Å². The van der Waals surface area contributed by atoms with Crippen LogP contribution in [-0.4, -0.2) is 11.1 Å². The fraction of sp³-hybridized carbons (Fsp3) is 0.0833. The van der Waals surface area contributed by atoms with E-state index in [1.165, 1.54) is 6.26 Å². The SMILES string of the molecule is O=C(O)c1occc1CNc1ccc(Cl)cc1I. The molecule has 0 aliphatic rings. The molecule has 0 spiro atoms. The summed E-state index contributed by atoms with van der Waals surface area (Å²) in [6.45, 7) is 0.385. The van der Waals surface area contributed by atoms with Crippen LogP contribution in [0, 0.1) is 3.57 Å². The first kappa shape index (κ1) is 13.2. The van der Waals surface area contributed by atoms with E-state index in [4.69, 9.17) is 21.1 Å². The first-order valence-corrected chi connectivity index (χ1v) is 6.52. The van der Waals surface area contributed by atoms with Crippen LogP contribution in [0.5, 0.6) is 0 Å². The molecule has 0 atom stereocenters. The van der Waals surface area contributed by atoms with E-state index in [9.17, 15) is 4.79 Å². The average molecular weight is 378 g/mol. The molecule has 0 aliphatic carbocycles. The molecule has 4 nitrogen and oxygen atoms in total. The van der Waals surface area contributed by atoms with Gasteiger partial charge in [0.15, 0.2) is 0 Å². The molecule has 2 rings (SSSR count). The van der Waals surface area contributed by atoms with Gasteiger partial charge in [-0.2, -0.15) is 0 Å². The Morgan fingerprint density at radius 2 is 2.22 bits per heavy atom. The Balaban J connectivity index is 2.11. The van der Waals surface area contributed by atoms with Crippen LogP contribution in [-0.2, 0) is 6.54 Å². The first-order chi connectivity index (χ1) is 8.58. The van der Waals surface area contributed by atoms with Gasteiger partial charge in [-0.05, 0) is 46.9 Å². The summed E-state index contributed by atoms with van der Waals surface area (Å²) in [5, 5.41) is 12.7. The Bertz CT molecular complexity index is 582. The molecule has 0 saturated heterocycles. The first-order valence-electron chi connectivity index (χ1n) is 5.06. The number of carboxylic acids is 1. The maximum absolute atomic E-state index is 10.9. The van der Waals surface area contributed by atoms with Gasteiger partial charge in [-0.1, -0.05) is 11.6 Å². The molecular weight excluding hydrogens is 368 g/mol. The van der Waals surface area contributed by atoms with Crippen LogP contribution < -0.4 is 5.32 Å². The molecule has 2 N–H and O–H groups in total. The number of nitrogens with one attached hydrogen (secondary N) is 1. The lowest BCUT2D eigenvalue weighted by molar-refractivity contribution is 0.0661. The van der Waals surface area contributed by atoms with Gasteiger partial charge in [0.25, 0.3) is 0 Å². The molecule has 0 unspecified atom stereocenters. The fourth-order valence-corrected chi connectivity index (χ4v) is 2.55. The molecule has 0 fully saturated rings. The Kier molecular flexibility index (Phi) is 4.13. The summed E-state index contributed by atoms with van der Waals surface area (Å²) in [6.07, 6.45) is 1.37. The minimum atomic E-state index is -1.07. The standard InChI is InChI=1S/C12H9ClINO3/c13-8-1-2-10(9(14)5-8)15-6-7-3-4-18-11(7)12(16)17/h1-5,15H,6H2,(H,16,17). The normalized spacial score (nSPS) is 10.3. The van der Waals surface area contributed by atoms with Crippen molar-refractivity contribution in [3.8, 4) is 0 Å².